The summed E-state index contributed by atoms with van der Waals surface area (Å²) in [5.74, 6) is 0. The maximum Gasteiger partial charge on any atom is 0.143 e. The molecule has 0 fully saturated rings. The minimum Gasteiger partial charge on any atom is -0.242 e. The van der Waals surface area contributed by atoms with E-state index in [0.717, 1.165) is 47.3 Å². The van der Waals surface area contributed by atoms with E-state index in [1.165, 1.54) is 10.8 Å². The molecular weight excluding hydrogens is 360 g/mol. The van der Waals surface area contributed by atoms with Gasteiger partial charge in [0.25, 0.3) is 0 Å². The van der Waals surface area contributed by atoms with Crippen molar-refractivity contribution in [2.75, 3.05) is 0 Å². The zero-order valence-electron chi connectivity index (χ0n) is 13.5. The highest BCUT2D eigenvalue weighted by Crippen LogP contribution is 2.39. The monoisotopic (exact) mass is 370 g/mol. The molecule has 0 aliphatic heterocycles. The van der Waals surface area contributed by atoms with E-state index in [9.17, 15) is 0 Å². The molecule has 0 saturated heterocycles. The van der Waals surface area contributed by atoms with Gasteiger partial charge in [-0.2, -0.15) is 0 Å². The van der Waals surface area contributed by atoms with Gasteiger partial charge in [0.15, 0.2) is 0 Å². The summed E-state index contributed by atoms with van der Waals surface area (Å²) in [7, 11) is 0. The molecule has 2 aromatic heterocycles. The normalized spacial score (nSPS) is 12.0. The van der Waals surface area contributed by atoms with Gasteiger partial charge in [0.05, 0.1) is 16.1 Å². The highest BCUT2D eigenvalue weighted by atomic mass is 35.5. The van der Waals surface area contributed by atoms with E-state index in [1.54, 1.807) is 11.3 Å². The zero-order valence-corrected chi connectivity index (χ0v) is 15.1. The third-order valence-electron chi connectivity index (χ3n) is 4.94. The van der Waals surface area contributed by atoms with Crippen LogP contribution in [0.25, 0.3) is 53.0 Å². The molecule has 0 unspecified atom stereocenters. The average molecular weight is 371 g/mol. The number of nitrogens with zero attached hydrogens (tertiary/aromatic N) is 2. The van der Waals surface area contributed by atoms with Crippen molar-refractivity contribution in [3.8, 4) is 0 Å². The van der Waals surface area contributed by atoms with Crippen molar-refractivity contribution >= 4 is 75.9 Å². The third kappa shape index (κ3) is 1.82. The highest BCUT2D eigenvalue weighted by molar-refractivity contribution is 7.25. The Morgan fingerprint density at radius 2 is 1.23 bits per heavy atom. The Balaban J connectivity index is 1.96. The number of hydrogen-bond donors (Lipinski definition) is 0. The minimum absolute atomic E-state index is 0.729. The molecule has 4 aromatic carbocycles. The molecule has 122 valence electrons. The number of halogens is 1. The van der Waals surface area contributed by atoms with Crippen LogP contribution in [-0.4, -0.2) is 9.97 Å². The van der Waals surface area contributed by atoms with Crippen molar-refractivity contribution in [3.05, 3.63) is 71.8 Å². The summed E-state index contributed by atoms with van der Waals surface area (Å²) in [6.45, 7) is 0. The first-order valence-corrected chi connectivity index (χ1v) is 9.58. The molecule has 6 rings (SSSR count). The molecule has 0 spiro atoms. The number of hydrogen-bond acceptors (Lipinski definition) is 3. The average Bonchev–Trinajstić information content (AvgIpc) is 3.06. The smallest absolute Gasteiger partial charge is 0.143 e. The van der Waals surface area contributed by atoms with Gasteiger partial charge >= 0.3 is 0 Å². The van der Waals surface area contributed by atoms with Crippen LogP contribution in [0.3, 0.4) is 0 Å². The first-order chi connectivity index (χ1) is 12.8. The van der Waals surface area contributed by atoms with Gasteiger partial charge in [-0.1, -0.05) is 66.2 Å². The molecule has 0 amide bonds. The summed E-state index contributed by atoms with van der Waals surface area (Å²) >= 11 is 8.13. The summed E-state index contributed by atoms with van der Waals surface area (Å²) in [6, 6.07) is 22.8. The maximum absolute atomic E-state index is 6.48. The lowest BCUT2D eigenvalue weighted by Gasteiger charge is -2.09. The van der Waals surface area contributed by atoms with Crippen LogP contribution in [0.15, 0.2) is 66.7 Å². The van der Waals surface area contributed by atoms with Gasteiger partial charge < -0.3 is 0 Å². The van der Waals surface area contributed by atoms with Crippen LogP contribution in [0.4, 0.5) is 0 Å². The Morgan fingerprint density at radius 3 is 1.92 bits per heavy atom. The van der Waals surface area contributed by atoms with Crippen LogP contribution >= 0.6 is 22.9 Å². The lowest BCUT2D eigenvalue weighted by atomic mass is 9.99. The van der Waals surface area contributed by atoms with Crippen molar-refractivity contribution in [3.63, 3.8) is 0 Å². The molecule has 6 aromatic rings. The number of rotatable bonds is 0. The van der Waals surface area contributed by atoms with Gasteiger partial charge in [-0.3, -0.25) is 0 Å². The van der Waals surface area contributed by atoms with Crippen LogP contribution in [0.2, 0.25) is 5.02 Å². The van der Waals surface area contributed by atoms with Gasteiger partial charge in [0, 0.05) is 20.9 Å². The Morgan fingerprint density at radius 1 is 0.615 bits per heavy atom. The Kier molecular flexibility index (Phi) is 2.85. The number of fused-ring (bicyclic) bond motifs is 9. The van der Waals surface area contributed by atoms with Gasteiger partial charge in [0.1, 0.15) is 10.3 Å². The van der Waals surface area contributed by atoms with Crippen molar-refractivity contribution < 1.29 is 0 Å². The first-order valence-electron chi connectivity index (χ1n) is 8.39. The first kappa shape index (κ1) is 14.4. The number of benzene rings is 4. The summed E-state index contributed by atoms with van der Waals surface area (Å²) < 4.78 is 1.12. The Bertz CT molecular complexity index is 1500. The minimum atomic E-state index is 0.729. The predicted octanol–water partition coefficient (Wildman–Crippen LogP) is 6.96. The van der Waals surface area contributed by atoms with Crippen LogP contribution in [-0.2, 0) is 0 Å². The molecule has 0 N–H and O–H groups in total. The fraction of sp³-hybridized carbons (Fsp3) is 0. The van der Waals surface area contributed by atoms with Crippen molar-refractivity contribution in [1.29, 1.82) is 0 Å². The van der Waals surface area contributed by atoms with E-state index in [4.69, 9.17) is 21.6 Å². The third-order valence-corrected chi connectivity index (χ3v) is 6.29. The van der Waals surface area contributed by atoms with Crippen LogP contribution in [0.1, 0.15) is 0 Å². The molecule has 0 aliphatic rings. The largest absolute Gasteiger partial charge is 0.242 e. The quantitative estimate of drug-likeness (QED) is 0.270. The Hall–Kier alpha value is -2.75. The van der Waals surface area contributed by atoms with Gasteiger partial charge in [-0.15, -0.1) is 11.3 Å². The summed E-state index contributed by atoms with van der Waals surface area (Å²) in [5.41, 5.74) is 2.78. The van der Waals surface area contributed by atoms with Crippen LogP contribution in [0.5, 0.6) is 0 Å². The number of thiophene rings is 1. The van der Waals surface area contributed by atoms with Crippen molar-refractivity contribution in [2.45, 2.75) is 0 Å². The maximum atomic E-state index is 6.48. The van der Waals surface area contributed by atoms with E-state index in [1.807, 2.05) is 12.1 Å². The molecule has 4 heteroatoms. The standard InChI is InChI=1S/C22H11ClN2S/c23-16-10-5-11-17-18(16)21-22(26-17)25-20-15-9-4-2-7-13(15)12-6-1-3-8-14(12)19(20)24-21/h1-11H. The SMILES string of the molecule is Clc1cccc2sc3nc4c5ccccc5c5ccccc5c4nc3c12. The van der Waals surface area contributed by atoms with E-state index in [2.05, 4.69) is 54.6 Å². The summed E-state index contributed by atoms with van der Waals surface area (Å²) in [5, 5.41) is 6.41. The topological polar surface area (TPSA) is 25.8 Å². The van der Waals surface area contributed by atoms with Crippen molar-refractivity contribution in [1.82, 2.24) is 9.97 Å². The molecule has 0 radical (unpaired) electrons. The van der Waals surface area contributed by atoms with Gasteiger partial charge in [-0.25, -0.2) is 9.97 Å². The fourth-order valence-electron chi connectivity index (χ4n) is 3.80. The second kappa shape index (κ2) is 5.13. The predicted molar refractivity (Wildman–Crippen MR) is 112 cm³/mol. The number of aromatic nitrogens is 2. The van der Waals surface area contributed by atoms with E-state index < -0.39 is 0 Å². The van der Waals surface area contributed by atoms with E-state index >= 15 is 0 Å². The van der Waals surface area contributed by atoms with Crippen LogP contribution in [0, 0.1) is 0 Å². The van der Waals surface area contributed by atoms with Gasteiger partial charge in [0.2, 0.25) is 0 Å². The van der Waals surface area contributed by atoms with Crippen molar-refractivity contribution in [2.24, 2.45) is 0 Å². The summed E-state index contributed by atoms with van der Waals surface area (Å²) in [4.78, 5) is 11.0. The van der Waals surface area contributed by atoms with Gasteiger partial charge in [-0.05, 0) is 22.9 Å². The lowest BCUT2D eigenvalue weighted by Crippen LogP contribution is -1.89. The lowest BCUT2D eigenvalue weighted by molar-refractivity contribution is 1.46. The van der Waals surface area contributed by atoms with E-state index in [0.29, 0.717) is 0 Å². The molecule has 26 heavy (non-hydrogen) atoms. The summed E-state index contributed by atoms with van der Waals surface area (Å²) in [6.07, 6.45) is 0. The Labute approximate surface area is 157 Å². The molecule has 0 saturated carbocycles. The second-order valence-electron chi connectivity index (χ2n) is 6.38. The molecule has 2 nitrogen and oxygen atoms in total. The van der Waals surface area contributed by atoms with Crippen LogP contribution < -0.4 is 0 Å². The second-order valence-corrected chi connectivity index (χ2v) is 7.82. The highest BCUT2D eigenvalue weighted by Gasteiger charge is 2.16. The molecular formula is C22H11ClN2S. The molecule has 2 heterocycles. The molecule has 0 aliphatic carbocycles. The fourth-order valence-corrected chi connectivity index (χ4v) is 5.17. The molecule has 0 atom stereocenters. The van der Waals surface area contributed by atoms with E-state index in [-0.39, 0.29) is 0 Å². The molecule has 0 bridgehead atoms. The zero-order chi connectivity index (χ0) is 17.3.